The fourth-order valence-corrected chi connectivity index (χ4v) is 2.75. The number of primary sulfonamides is 1. The number of sulfonamides is 1. The van der Waals surface area contributed by atoms with Crippen molar-refractivity contribution >= 4 is 19.9 Å². The summed E-state index contributed by atoms with van der Waals surface area (Å²) in [6.45, 7) is -0.0776. The van der Waals surface area contributed by atoms with Gasteiger partial charge in [0.15, 0.2) is 9.84 Å². The van der Waals surface area contributed by atoms with E-state index in [1.165, 1.54) is 12.1 Å². The number of benzene rings is 1. The van der Waals surface area contributed by atoms with Crippen molar-refractivity contribution in [2.45, 2.75) is 16.3 Å². The molecule has 0 amide bonds. The first-order valence-electron chi connectivity index (χ1n) is 4.22. The number of nitrogens with two attached hydrogens (primary N) is 2. The molecule has 4 N–H and O–H groups in total. The van der Waals surface area contributed by atoms with E-state index in [4.69, 9.17) is 10.9 Å². The van der Waals surface area contributed by atoms with Crippen LogP contribution in [0, 0.1) is 0 Å². The monoisotopic (exact) mass is 264 g/mol. The first-order chi connectivity index (χ1) is 7.16. The van der Waals surface area contributed by atoms with E-state index >= 15 is 0 Å². The van der Waals surface area contributed by atoms with Crippen LogP contribution in [0.5, 0.6) is 0 Å². The van der Waals surface area contributed by atoms with Crippen LogP contribution in [0.15, 0.2) is 28.0 Å². The van der Waals surface area contributed by atoms with Crippen molar-refractivity contribution in [3.63, 3.8) is 0 Å². The Balaban J connectivity index is 3.52. The maximum atomic E-state index is 11.3. The Bertz CT molecular complexity index is 605. The van der Waals surface area contributed by atoms with E-state index in [9.17, 15) is 16.8 Å². The maximum absolute atomic E-state index is 11.3. The quantitative estimate of drug-likeness (QED) is 0.740. The molecule has 16 heavy (non-hydrogen) atoms. The van der Waals surface area contributed by atoms with Gasteiger partial charge in [0.1, 0.15) is 0 Å². The molecule has 1 rings (SSSR count). The van der Waals surface area contributed by atoms with Crippen LogP contribution in [-0.4, -0.2) is 23.1 Å². The van der Waals surface area contributed by atoms with Crippen LogP contribution in [0.3, 0.4) is 0 Å². The molecule has 0 fully saturated rings. The van der Waals surface area contributed by atoms with E-state index in [0.717, 1.165) is 12.3 Å². The summed E-state index contributed by atoms with van der Waals surface area (Å²) in [4.78, 5) is -0.136. The lowest BCUT2D eigenvalue weighted by atomic mass is 10.2. The summed E-state index contributed by atoms with van der Waals surface area (Å²) in [5.74, 6) is 0. The standard InChI is InChI=1S/C8H12N2O4S2/c1-15(11,12)8-3-2-7(16(10,13)14)4-6(8)5-9/h2-4H,5,9H2,1H3,(H2,10,13,14). The Kier molecular flexibility index (Phi) is 3.38. The average molecular weight is 264 g/mol. The van der Waals surface area contributed by atoms with Gasteiger partial charge in [0.2, 0.25) is 10.0 Å². The summed E-state index contributed by atoms with van der Waals surface area (Å²) in [6.07, 6.45) is 1.03. The number of sulfone groups is 1. The lowest BCUT2D eigenvalue weighted by Gasteiger charge is -2.07. The van der Waals surface area contributed by atoms with Gasteiger partial charge in [0.05, 0.1) is 9.79 Å². The normalized spacial score (nSPS) is 12.7. The molecule has 0 saturated carbocycles. The van der Waals surface area contributed by atoms with Crippen LogP contribution < -0.4 is 10.9 Å². The third kappa shape index (κ3) is 2.79. The second-order valence-electron chi connectivity index (χ2n) is 3.29. The van der Waals surface area contributed by atoms with Gasteiger partial charge in [-0.2, -0.15) is 0 Å². The minimum Gasteiger partial charge on any atom is -0.326 e. The summed E-state index contributed by atoms with van der Waals surface area (Å²) < 4.78 is 44.8. The van der Waals surface area contributed by atoms with E-state index in [0.29, 0.717) is 0 Å². The van der Waals surface area contributed by atoms with Crippen molar-refractivity contribution < 1.29 is 16.8 Å². The largest absolute Gasteiger partial charge is 0.326 e. The van der Waals surface area contributed by atoms with Gasteiger partial charge in [-0.05, 0) is 23.8 Å². The van der Waals surface area contributed by atoms with Gasteiger partial charge >= 0.3 is 0 Å². The van der Waals surface area contributed by atoms with Crippen LogP contribution in [-0.2, 0) is 26.4 Å². The molecule has 1 aromatic rings. The molecule has 0 heterocycles. The van der Waals surface area contributed by atoms with Gasteiger partial charge in [-0.15, -0.1) is 0 Å². The van der Waals surface area contributed by atoms with Crippen molar-refractivity contribution in [2.75, 3.05) is 6.26 Å². The highest BCUT2D eigenvalue weighted by atomic mass is 32.2. The molecule has 8 heteroatoms. The second-order valence-corrected chi connectivity index (χ2v) is 6.84. The summed E-state index contributed by atoms with van der Waals surface area (Å²) in [6, 6.07) is 3.51. The molecular formula is C8H12N2O4S2. The molecule has 0 radical (unpaired) electrons. The van der Waals surface area contributed by atoms with Crippen LogP contribution in [0.1, 0.15) is 5.56 Å². The van der Waals surface area contributed by atoms with Gasteiger partial charge in [0, 0.05) is 12.8 Å². The third-order valence-electron chi connectivity index (χ3n) is 1.98. The predicted molar refractivity (Wildman–Crippen MR) is 58.8 cm³/mol. The molecule has 0 bridgehead atoms. The third-order valence-corrected chi connectivity index (χ3v) is 4.09. The van der Waals surface area contributed by atoms with Gasteiger partial charge in [-0.3, -0.25) is 0 Å². The topological polar surface area (TPSA) is 120 Å². The van der Waals surface area contributed by atoms with Crippen molar-refractivity contribution in [3.05, 3.63) is 23.8 Å². The molecule has 0 aromatic heterocycles. The Morgan fingerprint density at radius 2 is 1.75 bits per heavy atom. The van der Waals surface area contributed by atoms with Crippen molar-refractivity contribution in [1.29, 1.82) is 0 Å². The van der Waals surface area contributed by atoms with E-state index in [1.54, 1.807) is 0 Å². The smallest absolute Gasteiger partial charge is 0.238 e. The fourth-order valence-electron chi connectivity index (χ4n) is 1.25. The highest BCUT2D eigenvalue weighted by molar-refractivity contribution is 7.90. The predicted octanol–water partition coefficient (Wildman–Crippen LogP) is -0.804. The minimum atomic E-state index is -3.85. The highest BCUT2D eigenvalue weighted by Crippen LogP contribution is 2.19. The Hall–Kier alpha value is -0.960. The second kappa shape index (κ2) is 4.13. The molecule has 0 aliphatic rings. The lowest BCUT2D eigenvalue weighted by molar-refractivity contribution is 0.594. The van der Waals surface area contributed by atoms with Crippen LogP contribution in [0.25, 0.3) is 0 Å². The molecule has 0 aliphatic carbocycles. The molecule has 0 saturated heterocycles. The van der Waals surface area contributed by atoms with E-state index in [-0.39, 0.29) is 21.9 Å². The van der Waals surface area contributed by atoms with Crippen molar-refractivity contribution in [3.8, 4) is 0 Å². The Morgan fingerprint density at radius 3 is 2.12 bits per heavy atom. The summed E-state index contributed by atoms with van der Waals surface area (Å²) in [5, 5.41) is 4.92. The molecule has 0 unspecified atom stereocenters. The first-order valence-corrected chi connectivity index (χ1v) is 7.66. The number of rotatable bonds is 3. The van der Waals surface area contributed by atoms with Crippen LogP contribution >= 0.6 is 0 Å². The summed E-state index contributed by atoms with van der Waals surface area (Å²) in [7, 11) is -7.27. The molecule has 0 aliphatic heterocycles. The average Bonchev–Trinajstić information content (AvgIpc) is 2.14. The van der Waals surface area contributed by atoms with E-state index in [1.807, 2.05) is 0 Å². The van der Waals surface area contributed by atoms with Gasteiger partial charge in [0.25, 0.3) is 0 Å². The zero-order valence-electron chi connectivity index (χ0n) is 8.54. The molecule has 6 nitrogen and oxygen atoms in total. The highest BCUT2D eigenvalue weighted by Gasteiger charge is 2.16. The molecule has 0 atom stereocenters. The van der Waals surface area contributed by atoms with E-state index in [2.05, 4.69) is 0 Å². The SMILES string of the molecule is CS(=O)(=O)c1ccc(S(N)(=O)=O)cc1CN. The molecular weight excluding hydrogens is 252 g/mol. The zero-order valence-corrected chi connectivity index (χ0v) is 10.2. The molecule has 1 aromatic carbocycles. The fraction of sp³-hybridized carbons (Fsp3) is 0.250. The summed E-state index contributed by atoms with van der Waals surface area (Å²) in [5.41, 5.74) is 5.59. The van der Waals surface area contributed by atoms with Crippen LogP contribution in [0.4, 0.5) is 0 Å². The summed E-state index contributed by atoms with van der Waals surface area (Å²) >= 11 is 0. The van der Waals surface area contributed by atoms with Crippen LogP contribution in [0.2, 0.25) is 0 Å². The first kappa shape index (κ1) is 13.1. The van der Waals surface area contributed by atoms with Crippen molar-refractivity contribution in [2.24, 2.45) is 10.9 Å². The number of hydrogen-bond acceptors (Lipinski definition) is 5. The van der Waals surface area contributed by atoms with E-state index < -0.39 is 19.9 Å². The van der Waals surface area contributed by atoms with Crippen molar-refractivity contribution in [1.82, 2.24) is 0 Å². The van der Waals surface area contributed by atoms with Gasteiger partial charge in [-0.25, -0.2) is 22.0 Å². The zero-order chi connectivity index (χ0) is 12.6. The lowest BCUT2D eigenvalue weighted by Crippen LogP contribution is -2.14. The maximum Gasteiger partial charge on any atom is 0.238 e. The minimum absolute atomic E-state index is 0.0161. The number of hydrogen-bond donors (Lipinski definition) is 2. The molecule has 90 valence electrons. The Morgan fingerprint density at radius 1 is 1.19 bits per heavy atom. The molecule has 0 spiro atoms. The van der Waals surface area contributed by atoms with Gasteiger partial charge in [-0.1, -0.05) is 0 Å². The Labute approximate surface area is 94.2 Å². The van der Waals surface area contributed by atoms with Gasteiger partial charge < -0.3 is 5.73 Å².